The Morgan fingerprint density at radius 2 is 1.16 bits per heavy atom. The summed E-state index contributed by atoms with van der Waals surface area (Å²) in [6.07, 6.45) is 0. The molecular weight excluding hydrogens is 239 g/mol. The Morgan fingerprint density at radius 1 is 0.842 bits per heavy atom. The first kappa shape index (κ1) is 15.2. The summed E-state index contributed by atoms with van der Waals surface area (Å²) < 4.78 is 14.4. The van der Waals surface area contributed by atoms with Crippen LogP contribution in [0.3, 0.4) is 0 Å². The molecule has 0 fully saturated rings. The van der Waals surface area contributed by atoms with Gasteiger partial charge in [-0.3, -0.25) is 0 Å². The van der Waals surface area contributed by atoms with Crippen molar-refractivity contribution in [2.24, 2.45) is 0 Å². The highest BCUT2D eigenvalue weighted by atomic mass is 19.1. The van der Waals surface area contributed by atoms with Gasteiger partial charge in [0.1, 0.15) is 12.1 Å². The largest absolute Gasteiger partial charge is 0.204 e. The Morgan fingerprint density at radius 3 is 1.37 bits per heavy atom. The summed E-state index contributed by atoms with van der Waals surface area (Å²) in [7, 11) is 0. The first-order valence-corrected chi connectivity index (χ1v) is 6.21. The highest BCUT2D eigenvalue weighted by Crippen LogP contribution is 2.35. The van der Waals surface area contributed by atoms with Gasteiger partial charge in [-0.05, 0) is 22.0 Å². The lowest BCUT2D eigenvalue weighted by Gasteiger charge is -2.27. The zero-order valence-electron chi connectivity index (χ0n) is 12.3. The van der Waals surface area contributed by atoms with Gasteiger partial charge in [0.25, 0.3) is 0 Å². The standard InChI is InChI=1S/C16H19FN2/c1-15(2,3)12-7-13(16(4,5)6)11(9-19)14(17)10(12)8-18/h7H,1-6H3. The fourth-order valence-corrected chi connectivity index (χ4v) is 2.05. The van der Waals surface area contributed by atoms with E-state index in [9.17, 15) is 14.9 Å². The van der Waals surface area contributed by atoms with Crippen LogP contribution < -0.4 is 0 Å². The molecule has 0 N–H and O–H groups in total. The van der Waals surface area contributed by atoms with Crippen LogP contribution in [-0.4, -0.2) is 0 Å². The molecule has 0 spiro atoms. The van der Waals surface area contributed by atoms with Crippen LogP contribution in [0.15, 0.2) is 6.07 Å². The Balaban J connectivity index is 3.87. The Kier molecular flexibility index (Phi) is 3.73. The van der Waals surface area contributed by atoms with Crippen molar-refractivity contribution in [1.82, 2.24) is 0 Å². The summed E-state index contributed by atoms with van der Waals surface area (Å²) in [4.78, 5) is 0. The minimum Gasteiger partial charge on any atom is -0.204 e. The minimum atomic E-state index is -0.692. The molecule has 2 nitrogen and oxygen atoms in total. The lowest BCUT2D eigenvalue weighted by atomic mass is 9.76. The molecule has 0 saturated carbocycles. The third-order valence-electron chi connectivity index (χ3n) is 3.11. The van der Waals surface area contributed by atoms with Crippen molar-refractivity contribution >= 4 is 0 Å². The van der Waals surface area contributed by atoms with Gasteiger partial charge in [0.05, 0.1) is 11.1 Å². The van der Waals surface area contributed by atoms with Crippen molar-refractivity contribution in [1.29, 1.82) is 10.5 Å². The van der Waals surface area contributed by atoms with Crippen LogP contribution >= 0.6 is 0 Å². The second-order valence-electron chi connectivity index (χ2n) is 6.76. The topological polar surface area (TPSA) is 47.6 Å². The molecule has 0 amide bonds. The number of hydrogen-bond acceptors (Lipinski definition) is 2. The molecule has 0 saturated heterocycles. The van der Waals surface area contributed by atoms with Gasteiger partial charge < -0.3 is 0 Å². The van der Waals surface area contributed by atoms with Crippen molar-refractivity contribution in [2.75, 3.05) is 0 Å². The van der Waals surface area contributed by atoms with Crippen LogP contribution in [0, 0.1) is 28.5 Å². The molecular formula is C16H19FN2. The van der Waals surface area contributed by atoms with Crippen molar-refractivity contribution in [3.05, 3.63) is 34.1 Å². The summed E-state index contributed by atoms with van der Waals surface area (Å²) in [5.41, 5.74) is 0.571. The van der Waals surface area contributed by atoms with Crippen LogP contribution in [0.5, 0.6) is 0 Å². The van der Waals surface area contributed by atoms with Crippen LogP contribution in [0.2, 0.25) is 0 Å². The summed E-state index contributed by atoms with van der Waals surface area (Å²) in [5, 5.41) is 18.4. The Hall–Kier alpha value is -1.87. The highest BCUT2D eigenvalue weighted by molar-refractivity contribution is 5.54. The zero-order valence-corrected chi connectivity index (χ0v) is 12.3. The van der Waals surface area contributed by atoms with Crippen LogP contribution in [-0.2, 0) is 10.8 Å². The van der Waals surface area contributed by atoms with Crippen molar-refractivity contribution < 1.29 is 4.39 Å². The number of nitrogens with zero attached hydrogens (tertiary/aromatic N) is 2. The predicted octanol–water partition coefficient (Wildman–Crippen LogP) is 4.16. The van der Waals surface area contributed by atoms with Crippen molar-refractivity contribution in [3.63, 3.8) is 0 Å². The van der Waals surface area contributed by atoms with Gasteiger partial charge in [0, 0.05) is 0 Å². The normalized spacial score (nSPS) is 11.8. The van der Waals surface area contributed by atoms with E-state index in [2.05, 4.69) is 0 Å². The van der Waals surface area contributed by atoms with E-state index in [1.165, 1.54) is 0 Å². The van der Waals surface area contributed by atoms with Crippen LogP contribution in [0.25, 0.3) is 0 Å². The van der Waals surface area contributed by atoms with Gasteiger partial charge in [-0.2, -0.15) is 10.5 Å². The van der Waals surface area contributed by atoms with Gasteiger partial charge in [0.15, 0.2) is 5.82 Å². The molecule has 19 heavy (non-hydrogen) atoms. The van der Waals surface area contributed by atoms with Crippen molar-refractivity contribution in [3.8, 4) is 12.1 Å². The van der Waals surface area contributed by atoms with Crippen molar-refractivity contribution in [2.45, 2.75) is 52.4 Å². The first-order chi connectivity index (χ1) is 8.54. The first-order valence-electron chi connectivity index (χ1n) is 6.21. The number of rotatable bonds is 0. The third-order valence-corrected chi connectivity index (χ3v) is 3.11. The molecule has 0 bridgehead atoms. The zero-order chi connectivity index (χ0) is 15.0. The molecule has 1 rings (SSSR count). The maximum atomic E-state index is 14.4. The van der Waals surface area contributed by atoms with Gasteiger partial charge in [-0.1, -0.05) is 47.6 Å². The van der Waals surface area contributed by atoms with E-state index in [0.29, 0.717) is 11.1 Å². The molecule has 0 atom stereocenters. The van der Waals surface area contributed by atoms with Gasteiger partial charge >= 0.3 is 0 Å². The number of hydrogen-bond donors (Lipinski definition) is 0. The maximum absolute atomic E-state index is 14.4. The van der Waals surface area contributed by atoms with E-state index >= 15 is 0 Å². The maximum Gasteiger partial charge on any atom is 0.159 e. The molecule has 0 aliphatic heterocycles. The molecule has 3 heteroatoms. The number of nitriles is 2. The molecule has 1 aromatic rings. The SMILES string of the molecule is CC(C)(C)c1cc(C(C)(C)C)c(C#N)c(F)c1C#N. The lowest BCUT2D eigenvalue weighted by molar-refractivity contribution is 0.540. The molecule has 0 unspecified atom stereocenters. The molecule has 0 radical (unpaired) electrons. The van der Waals surface area contributed by atoms with Gasteiger partial charge in [-0.15, -0.1) is 0 Å². The third kappa shape index (κ3) is 2.76. The average molecular weight is 258 g/mol. The average Bonchev–Trinajstić information content (AvgIpc) is 2.24. The van der Waals surface area contributed by atoms with Gasteiger partial charge in [-0.25, -0.2) is 4.39 Å². The fraction of sp³-hybridized carbons (Fsp3) is 0.500. The van der Waals surface area contributed by atoms with E-state index in [1.54, 1.807) is 6.07 Å². The minimum absolute atomic E-state index is 0.0166. The summed E-state index contributed by atoms with van der Waals surface area (Å²) >= 11 is 0. The molecule has 0 aliphatic rings. The fourth-order valence-electron chi connectivity index (χ4n) is 2.05. The van der Waals surface area contributed by atoms with Crippen LogP contribution in [0.4, 0.5) is 4.39 Å². The van der Waals surface area contributed by atoms with Crippen LogP contribution in [0.1, 0.15) is 63.8 Å². The smallest absolute Gasteiger partial charge is 0.159 e. The Labute approximate surface area is 114 Å². The molecule has 1 aromatic carbocycles. The second-order valence-corrected chi connectivity index (χ2v) is 6.76. The molecule has 100 valence electrons. The molecule has 0 heterocycles. The summed E-state index contributed by atoms with van der Waals surface area (Å²) in [6, 6.07) is 5.60. The van der Waals surface area contributed by atoms with E-state index in [4.69, 9.17) is 0 Å². The quantitative estimate of drug-likeness (QED) is 0.701. The highest BCUT2D eigenvalue weighted by Gasteiger charge is 2.29. The molecule has 0 aliphatic carbocycles. The van der Waals surface area contributed by atoms with E-state index in [0.717, 1.165) is 0 Å². The summed E-state index contributed by atoms with van der Waals surface area (Å²) in [5.74, 6) is -0.692. The predicted molar refractivity (Wildman–Crippen MR) is 73.2 cm³/mol. The van der Waals surface area contributed by atoms with E-state index in [-0.39, 0.29) is 22.0 Å². The van der Waals surface area contributed by atoms with E-state index < -0.39 is 5.82 Å². The van der Waals surface area contributed by atoms with Gasteiger partial charge in [0.2, 0.25) is 0 Å². The Bertz CT molecular complexity index is 537. The lowest BCUT2D eigenvalue weighted by Crippen LogP contribution is -2.21. The molecule has 0 aromatic heterocycles. The monoisotopic (exact) mass is 258 g/mol. The number of benzene rings is 1. The van der Waals surface area contributed by atoms with E-state index in [1.807, 2.05) is 53.7 Å². The second kappa shape index (κ2) is 4.67. The summed E-state index contributed by atoms with van der Waals surface area (Å²) in [6.45, 7) is 11.6. The number of halogens is 1.